The van der Waals surface area contributed by atoms with Crippen LogP contribution in [0.2, 0.25) is 0 Å². The van der Waals surface area contributed by atoms with Crippen LogP contribution in [0.1, 0.15) is 5.56 Å². The van der Waals surface area contributed by atoms with Crippen LogP contribution in [-0.2, 0) is 4.79 Å². The van der Waals surface area contributed by atoms with Crippen LogP contribution in [0.3, 0.4) is 0 Å². The Balaban J connectivity index is 2.68. The molecule has 2 aromatic rings. The number of hydrogen-bond donors (Lipinski definition) is 2. The zero-order valence-electron chi connectivity index (χ0n) is 9.18. The van der Waals surface area contributed by atoms with Crippen molar-refractivity contribution in [1.29, 1.82) is 5.26 Å². The summed E-state index contributed by atoms with van der Waals surface area (Å²) in [4.78, 5) is 25.6. The van der Waals surface area contributed by atoms with E-state index in [0.29, 0.717) is 10.9 Å². The van der Waals surface area contributed by atoms with E-state index in [4.69, 9.17) is 10.4 Å². The van der Waals surface area contributed by atoms with E-state index in [0.717, 1.165) is 6.08 Å². The highest BCUT2D eigenvalue weighted by molar-refractivity contribution is 5.96. The van der Waals surface area contributed by atoms with Gasteiger partial charge in [0.25, 0.3) is 0 Å². The number of carbonyl (C=O) groups is 1. The summed E-state index contributed by atoms with van der Waals surface area (Å²) in [5.74, 6) is -1.36. The number of aliphatic carboxylic acids is 1. The highest BCUT2D eigenvalue weighted by Gasteiger charge is 2.08. The lowest BCUT2D eigenvalue weighted by Gasteiger charge is -1.99. The molecule has 0 unspecified atom stereocenters. The summed E-state index contributed by atoms with van der Waals surface area (Å²) < 4.78 is 0. The highest BCUT2D eigenvalue weighted by Crippen LogP contribution is 2.09. The van der Waals surface area contributed by atoms with E-state index in [9.17, 15) is 9.59 Å². The number of benzene rings is 1. The zero-order chi connectivity index (χ0) is 13.1. The van der Waals surface area contributed by atoms with Gasteiger partial charge in [-0.2, -0.15) is 5.26 Å². The first kappa shape index (κ1) is 11.6. The minimum atomic E-state index is -1.36. The number of carboxylic acids is 1. The predicted octanol–water partition coefficient (Wildman–Crippen LogP) is 1.52. The van der Waals surface area contributed by atoms with E-state index in [1.54, 1.807) is 24.3 Å². The van der Waals surface area contributed by atoms with Crippen molar-refractivity contribution in [3.05, 3.63) is 51.8 Å². The van der Waals surface area contributed by atoms with Crippen LogP contribution in [0.25, 0.3) is 17.0 Å². The molecule has 88 valence electrons. The Labute approximate surface area is 102 Å². The lowest BCUT2D eigenvalue weighted by Crippen LogP contribution is -2.08. The van der Waals surface area contributed by atoms with Gasteiger partial charge in [0.15, 0.2) is 5.43 Å². The fourth-order valence-corrected chi connectivity index (χ4v) is 1.59. The molecule has 18 heavy (non-hydrogen) atoms. The fraction of sp³-hybridized carbons (Fsp3) is 0. The van der Waals surface area contributed by atoms with Crippen LogP contribution < -0.4 is 5.43 Å². The third kappa shape index (κ3) is 1.99. The van der Waals surface area contributed by atoms with E-state index in [1.807, 2.05) is 0 Å². The summed E-state index contributed by atoms with van der Waals surface area (Å²) >= 11 is 0. The van der Waals surface area contributed by atoms with Gasteiger partial charge in [-0.3, -0.25) is 4.79 Å². The first-order chi connectivity index (χ1) is 8.63. The Morgan fingerprint density at radius 2 is 2.11 bits per heavy atom. The quantitative estimate of drug-likeness (QED) is 0.614. The molecule has 0 aliphatic carbocycles. The summed E-state index contributed by atoms with van der Waals surface area (Å²) in [7, 11) is 0. The van der Waals surface area contributed by atoms with Gasteiger partial charge >= 0.3 is 5.97 Å². The van der Waals surface area contributed by atoms with Gasteiger partial charge in [-0.15, -0.1) is 0 Å². The molecule has 0 amide bonds. The molecule has 2 N–H and O–H groups in total. The number of aromatic amines is 1. The van der Waals surface area contributed by atoms with E-state index in [1.165, 1.54) is 12.3 Å². The minimum absolute atomic E-state index is 0.146. The van der Waals surface area contributed by atoms with Crippen LogP contribution in [0.4, 0.5) is 0 Å². The molecule has 1 aromatic heterocycles. The topological polar surface area (TPSA) is 94.0 Å². The number of nitrogens with zero attached hydrogens (tertiary/aromatic N) is 1. The summed E-state index contributed by atoms with van der Waals surface area (Å²) in [5.41, 5.74) is 0.0234. The molecule has 5 nitrogen and oxygen atoms in total. The standard InChI is InChI=1S/C13H8N2O3/c14-6-8(13(17)18)5-9-7-15-11-4-2-1-3-10(11)12(9)16/h1-5,7H,(H,15,16)(H,17,18)/b8-5-. The number of hydrogen-bond acceptors (Lipinski definition) is 3. The molecular weight excluding hydrogens is 232 g/mol. The normalized spacial score (nSPS) is 11.2. The van der Waals surface area contributed by atoms with E-state index in [-0.39, 0.29) is 11.0 Å². The molecule has 0 atom stereocenters. The molecule has 0 aliphatic rings. The molecule has 0 saturated heterocycles. The second-order valence-corrected chi connectivity index (χ2v) is 3.59. The van der Waals surface area contributed by atoms with Gasteiger partial charge in [0, 0.05) is 22.7 Å². The van der Waals surface area contributed by atoms with Crippen molar-refractivity contribution in [2.24, 2.45) is 0 Å². The first-order valence-electron chi connectivity index (χ1n) is 5.09. The van der Waals surface area contributed by atoms with Gasteiger partial charge in [0.05, 0.1) is 0 Å². The molecule has 0 bridgehead atoms. The van der Waals surface area contributed by atoms with Crippen LogP contribution in [0, 0.1) is 11.3 Å². The molecule has 0 saturated carbocycles. The Morgan fingerprint density at radius 1 is 1.39 bits per heavy atom. The van der Waals surface area contributed by atoms with Crippen molar-refractivity contribution in [2.75, 3.05) is 0 Å². The fourth-order valence-electron chi connectivity index (χ4n) is 1.59. The average Bonchev–Trinajstić information content (AvgIpc) is 2.38. The van der Waals surface area contributed by atoms with Crippen molar-refractivity contribution in [3.8, 4) is 6.07 Å². The van der Waals surface area contributed by atoms with Crippen molar-refractivity contribution in [1.82, 2.24) is 4.98 Å². The molecule has 5 heteroatoms. The molecule has 1 aromatic carbocycles. The summed E-state index contributed by atoms with van der Waals surface area (Å²) in [6, 6.07) is 8.41. The van der Waals surface area contributed by atoms with Gasteiger partial charge in [-0.1, -0.05) is 12.1 Å². The number of fused-ring (bicyclic) bond motifs is 1. The maximum Gasteiger partial charge on any atom is 0.346 e. The maximum absolute atomic E-state index is 12.0. The van der Waals surface area contributed by atoms with Gasteiger partial charge in [0.1, 0.15) is 11.6 Å². The van der Waals surface area contributed by atoms with E-state index < -0.39 is 11.5 Å². The second-order valence-electron chi connectivity index (χ2n) is 3.59. The Hall–Kier alpha value is -2.87. The van der Waals surface area contributed by atoms with Crippen molar-refractivity contribution >= 4 is 22.9 Å². The van der Waals surface area contributed by atoms with Crippen molar-refractivity contribution in [3.63, 3.8) is 0 Å². The molecule has 0 fully saturated rings. The minimum Gasteiger partial charge on any atom is -0.477 e. The van der Waals surface area contributed by atoms with Crippen LogP contribution >= 0.6 is 0 Å². The molecule has 0 spiro atoms. The number of pyridine rings is 1. The van der Waals surface area contributed by atoms with Gasteiger partial charge in [-0.05, 0) is 18.2 Å². The third-order valence-corrected chi connectivity index (χ3v) is 2.47. The Kier molecular flexibility index (Phi) is 2.94. The largest absolute Gasteiger partial charge is 0.477 e. The first-order valence-corrected chi connectivity index (χ1v) is 5.09. The van der Waals surface area contributed by atoms with Gasteiger partial charge in [-0.25, -0.2) is 4.79 Å². The van der Waals surface area contributed by atoms with Crippen molar-refractivity contribution < 1.29 is 9.90 Å². The number of aromatic nitrogens is 1. The number of para-hydroxylation sites is 1. The zero-order valence-corrected chi connectivity index (χ0v) is 9.18. The third-order valence-electron chi connectivity index (χ3n) is 2.47. The van der Waals surface area contributed by atoms with Crippen LogP contribution in [0.5, 0.6) is 0 Å². The van der Waals surface area contributed by atoms with Crippen LogP contribution in [0.15, 0.2) is 40.8 Å². The predicted molar refractivity (Wildman–Crippen MR) is 65.8 cm³/mol. The highest BCUT2D eigenvalue weighted by atomic mass is 16.4. The van der Waals surface area contributed by atoms with E-state index in [2.05, 4.69) is 4.98 Å². The molecule has 0 aliphatic heterocycles. The molecular formula is C13H8N2O3. The second kappa shape index (κ2) is 4.55. The SMILES string of the molecule is N#C/C(=C/c1c[nH]c2ccccc2c1=O)C(=O)O. The molecule has 0 radical (unpaired) electrons. The van der Waals surface area contributed by atoms with Crippen molar-refractivity contribution in [2.45, 2.75) is 0 Å². The summed E-state index contributed by atoms with van der Waals surface area (Å²) in [5, 5.41) is 17.8. The Morgan fingerprint density at radius 3 is 2.78 bits per heavy atom. The number of nitrogens with one attached hydrogen (secondary N) is 1. The smallest absolute Gasteiger partial charge is 0.346 e. The van der Waals surface area contributed by atoms with Crippen LogP contribution in [-0.4, -0.2) is 16.1 Å². The number of nitriles is 1. The van der Waals surface area contributed by atoms with Gasteiger partial charge < -0.3 is 10.1 Å². The Bertz CT molecular complexity index is 751. The summed E-state index contributed by atoms with van der Waals surface area (Å²) in [6.07, 6.45) is 2.46. The van der Waals surface area contributed by atoms with E-state index >= 15 is 0 Å². The summed E-state index contributed by atoms with van der Waals surface area (Å²) in [6.45, 7) is 0. The van der Waals surface area contributed by atoms with Gasteiger partial charge in [0.2, 0.25) is 0 Å². The lowest BCUT2D eigenvalue weighted by molar-refractivity contribution is -0.132. The molecule has 1 heterocycles. The lowest BCUT2D eigenvalue weighted by atomic mass is 10.1. The maximum atomic E-state index is 12.0. The molecule has 2 rings (SSSR count). The number of carboxylic acid groups (broad SMARTS) is 1. The average molecular weight is 240 g/mol. The monoisotopic (exact) mass is 240 g/mol. The number of rotatable bonds is 2. The number of H-pyrrole nitrogens is 1.